The number of benzene rings is 2. The Kier molecular flexibility index (Phi) is 5.43. The van der Waals surface area contributed by atoms with Gasteiger partial charge in [0.1, 0.15) is 0 Å². The molecule has 6 nitrogen and oxygen atoms in total. The number of morpholine rings is 1. The number of non-ortho nitro benzene ring substituents is 1. The quantitative estimate of drug-likeness (QED) is 0.668. The number of rotatable bonds is 5. The number of β-amino-alcohol motifs (C(OH)–C–C–N with tert-alkyl or cyclic N) is 1. The molecule has 1 N–H and O–H groups in total. The maximum Gasteiger partial charge on any atom is 0.269 e. The van der Waals surface area contributed by atoms with Crippen molar-refractivity contribution in [3.05, 3.63) is 75.3 Å². The molecule has 3 rings (SSSR count). The average Bonchev–Trinajstić information content (AvgIpc) is 2.62. The third-order valence-electron chi connectivity index (χ3n) is 4.58. The lowest BCUT2D eigenvalue weighted by atomic mass is 10.0. The minimum atomic E-state index is -0.768. The Morgan fingerprint density at radius 2 is 2.12 bits per heavy atom. The van der Waals surface area contributed by atoms with Gasteiger partial charge in [-0.15, -0.1) is 0 Å². The normalized spacial score (nSPS) is 19.5. The van der Waals surface area contributed by atoms with E-state index in [1.807, 2.05) is 12.1 Å². The predicted molar refractivity (Wildman–Crippen MR) is 94.4 cm³/mol. The van der Waals surface area contributed by atoms with Gasteiger partial charge in [-0.3, -0.25) is 15.0 Å². The standard InChI is InChI=1S/C19H22N2O4/c1-14-5-2-3-8-17(14)19-13-20(9-10-25-19)12-18(22)15-6-4-7-16(11-15)21(23)24/h2-8,11,18-19,22H,9-10,12-13H2,1H3. The van der Waals surface area contributed by atoms with Crippen molar-refractivity contribution in [3.8, 4) is 0 Å². The molecule has 2 aromatic rings. The molecule has 6 heteroatoms. The van der Waals surface area contributed by atoms with Crippen molar-refractivity contribution in [2.75, 3.05) is 26.2 Å². The minimum absolute atomic E-state index is 0.00341. The molecule has 1 aliphatic rings. The summed E-state index contributed by atoms with van der Waals surface area (Å²) < 4.78 is 5.90. The van der Waals surface area contributed by atoms with Gasteiger partial charge in [-0.1, -0.05) is 36.4 Å². The average molecular weight is 342 g/mol. The second-order valence-electron chi connectivity index (χ2n) is 6.34. The Hall–Kier alpha value is -2.28. The summed E-state index contributed by atoms with van der Waals surface area (Å²) in [6.45, 7) is 4.51. The van der Waals surface area contributed by atoms with E-state index >= 15 is 0 Å². The Labute approximate surface area is 146 Å². The molecule has 25 heavy (non-hydrogen) atoms. The summed E-state index contributed by atoms with van der Waals surface area (Å²) in [5.41, 5.74) is 2.91. The van der Waals surface area contributed by atoms with Crippen molar-refractivity contribution in [2.45, 2.75) is 19.1 Å². The SMILES string of the molecule is Cc1ccccc1C1CN(CC(O)c2cccc([N+](=O)[O-])c2)CCO1. The second-order valence-corrected chi connectivity index (χ2v) is 6.34. The molecule has 0 bridgehead atoms. The summed E-state index contributed by atoms with van der Waals surface area (Å²) in [7, 11) is 0. The second kappa shape index (κ2) is 7.74. The number of hydrogen-bond donors (Lipinski definition) is 1. The summed E-state index contributed by atoms with van der Waals surface area (Å²) in [4.78, 5) is 12.6. The zero-order valence-electron chi connectivity index (χ0n) is 14.2. The maximum atomic E-state index is 10.9. The third kappa shape index (κ3) is 4.22. The highest BCUT2D eigenvalue weighted by molar-refractivity contribution is 5.35. The molecule has 0 aromatic heterocycles. The van der Waals surface area contributed by atoms with E-state index in [9.17, 15) is 15.2 Å². The van der Waals surface area contributed by atoms with Crippen LogP contribution in [-0.4, -0.2) is 41.2 Å². The summed E-state index contributed by atoms with van der Waals surface area (Å²) in [5, 5.41) is 21.4. The van der Waals surface area contributed by atoms with Crippen molar-refractivity contribution < 1.29 is 14.8 Å². The first kappa shape index (κ1) is 17.5. The molecule has 0 spiro atoms. The van der Waals surface area contributed by atoms with Crippen LogP contribution in [0.3, 0.4) is 0 Å². The lowest BCUT2D eigenvalue weighted by molar-refractivity contribution is -0.385. The fraction of sp³-hybridized carbons (Fsp3) is 0.368. The highest BCUT2D eigenvalue weighted by atomic mass is 16.6. The molecule has 2 atom stereocenters. The molecule has 1 aliphatic heterocycles. The van der Waals surface area contributed by atoms with E-state index in [0.717, 1.165) is 12.1 Å². The van der Waals surface area contributed by atoms with Crippen LogP contribution in [0.5, 0.6) is 0 Å². The van der Waals surface area contributed by atoms with E-state index in [1.54, 1.807) is 12.1 Å². The summed E-state index contributed by atoms with van der Waals surface area (Å²) >= 11 is 0. The van der Waals surface area contributed by atoms with Gasteiger partial charge >= 0.3 is 0 Å². The van der Waals surface area contributed by atoms with Gasteiger partial charge in [-0.2, -0.15) is 0 Å². The van der Waals surface area contributed by atoms with E-state index in [-0.39, 0.29) is 11.8 Å². The van der Waals surface area contributed by atoms with Crippen LogP contribution < -0.4 is 0 Å². The van der Waals surface area contributed by atoms with Crippen molar-refractivity contribution in [3.63, 3.8) is 0 Å². The first-order valence-corrected chi connectivity index (χ1v) is 8.36. The molecule has 1 saturated heterocycles. The van der Waals surface area contributed by atoms with Gasteiger partial charge in [-0.05, 0) is 23.6 Å². The number of aliphatic hydroxyl groups is 1. The van der Waals surface area contributed by atoms with Crippen LogP contribution in [0.2, 0.25) is 0 Å². The number of nitro benzene ring substituents is 1. The van der Waals surface area contributed by atoms with E-state index in [1.165, 1.54) is 17.7 Å². The molecule has 0 amide bonds. The van der Waals surface area contributed by atoms with Gasteiger partial charge in [0.05, 0.1) is 23.7 Å². The van der Waals surface area contributed by atoms with Crippen LogP contribution in [0.1, 0.15) is 28.9 Å². The molecular weight excluding hydrogens is 320 g/mol. The number of aliphatic hydroxyl groups excluding tert-OH is 1. The summed E-state index contributed by atoms with van der Waals surface area (Å²) in [5.74, 6) is 0. The van der Waals surface area contributed by atoms with Gasteiger partial charge < -0.3 is 9.84 Å². The first-order chi connectivity index (χ1) is 12.0. The minimum Gasteiger partial charge on any atom is -0.387 e. The zero-order chi connectivity index (χ0) is 17.8. The lowest BCUT2D eigenvalue weighted by Gasteiger charge is -2.34. The molecule has 0 aliphatic carbocycles. The fourth-order valence-corrected chi connectivity index (χ4v) is 3.20. The van der Waals surface area contributed by atoms with E-state index in [2.05, 4.69) is 24.0 Å². The highest BCUT2D eigenvalue weighted by Gasteiger charge is 2.25. The van der Waals surface area contributed by atoms with Crippen LogP contribution in [-0.2, 0) is 4.74 Å². The summed E-state index contributed by atoms with van der Waals surface area (Å²) in [6.07, 6.45) is -0.789. The van der Waals surface area contributed by atoms with Crippen LogP contribution in [0.4, 0.5) is 5.69 Å². The molecule has 1 fully saturated rings. The summed E-state index contributed by atoms with van der Waals surface area (Å²) in [6, 6.07) is 14.3. The monoisotopic (exact) mass is 342 g/mol. The van der Waals surface area contributed by atoms with Crippen molar-refractivity contribution in [1.82, 2.24) is 4.90 Å². The number of hydrogen-bond acceptors (Lipinski definition) is 5. The van der Waals surface area contributed by atoms with E-state index in [4.69, 9.17) is 4.74 Å². The molecule has 0 saturated carbocycles. The van der Waals surface area contributed by atoms with Crippen molar-refractivity contribution in [2.24, 2.45) is 0 Å². The topological polar surface area (TPSA) is 75.8 Å². The number of nitrogens with zero attached hydrogens (tertiary/aromatic N) is 2. The van der Waals surface area contributed by atoms with E-state index < -0.39 is 11.0 Å². The Morgan fingerprint density at radius 1 is 1.32 bits per heavy atom. The smallest absolute Gasteiger partial charge is 0.269 e. The largest absolute Gasteiger partial charge is 0.387 e. The van der Waals surface area contributed by atoms with Gasteiger partial charge in [0.2, 0.25) is 0 Å². The third-order valence-corrected chi connectivity index (χ3v) is 4.58. The number of ether oxygens (including phenoxy) is 1. The molecular formula is C19H22N2O4. The molecule has 132 valence electrons. The van der Waals surface area contributed by atoms with Crippen LogP contribution in [0.25, 0.3) is 0 Å². The van der Waals surface area contributed by atoms with Crippen LogP contribution in [0.15, 0.2) is 48.5 Å². The molecule has 0 radical (unpaired) electrons. The van der Waals surface area contributed by atoms with Crippen molar-refractivity contribution >= 4 is 5.69 Å². The Bertz CT molecular complexity index is 750. The van der Waals surface area contributed by atoms with Gasteiger partial charge in [0.25, 0.3) is 5.69 Å². The molecule has 2 unspecified atom stereocenters. The van der Waals surface area contributed by atoms with Crippen LogP contribution in [0, 0.1) is 17.0 Å². The number of nitro groups is 1. The Balaban J connectivity index is 1.67. The van der Waals surface area contributed by atoms with Gasteiger partial charge in [0, 0.05) is 31.8 Å². The first-order valence-electron chi connectivity index (χ1n) is 8.36. The van der Waals surface area contributed by atoms with E-state index in [0.29, 0.717) is 25.3 Å². The highest BCUT2D eigenvalue weighted by Crippen LogP contribution is 2.27. The zero-order valence-corrected chi connectivity index (χ0v) is 14.2. The van der Waals surface area contributed by atoms with Gasteiger partial charge in [0.15, 0.2) is 0 Å². The lowest BCUT2D eigenvalue weighted by Crippen LogP contribution is -2.40. The predicted octanol–water partition coefficient (Wildman–Crippen LogP) is 3.01. The molecule has 1 heterocycles. The van der Waals surface area contributed by atoms with Gasteiger partial charge in [-0.25, -0.2) is 0 Å². The number of aryl methyl sites for hydroxylation is 1. The Morgan fingerprint density at radius 3 is 2.88 bits per heavy atom. The maximum absolute atomic E-state index is 10.9. The fourth-order valence-electron chi connectivity index (χ4n) is 3.20. The molecule has 2 aromatic carbocycles. The van der Waals surface area contributed by atoms with Crippen LogP contribution >= 0.6 is 0 Å². The van der Waals surface area contributed by atoms with Crippen molar-refractivity contribution in [1.29, 1.82) is 0 Å².